The van der Waals surface area contributed by atoms with Crippen LogP contribution in [0.2, 0.25) is 10.0 Å². The largest absolute Gasteiger partial charge is 0.484 e. The number of rotatable bonds is 8. The van der Waals surface area contributed by atoms with Crippen LogP contribution in [0.15, 0.2) is 47.0 Å². The van der Waals surface area contributed by atoms with Crippen molar-refractivity contribution < 1.29 is 18.8 Å². The van der Waals surface area contributed by atoms with Crippen molar-refractivity contribution in [1.29, 1.82) is 0 Å². The van der Waals surface area contributed by atoms with E-state index >= 15 is 0 Å². The predicted molar refractivity (Wildman–Crippen MR) is 112 cm³/mol. The fourth-order valence-electron chi connectivity index (χ4n) is 2.36. The Bertz CT molecular complexity index is 1040. The highest BCUT2D eigenvalue weighted by molar-refractivity contribution is 6.42. The molecule has 0 saturated carbocycles. The molecule has 3 rings (SSSR count). The van der Waals surface area contributed by atoms with Gasteiger partial charge in [-0.1, -0.05) is 58.2 Å². The molecule has 2 aromatic carbocycles. The summed E-state index contributed by atoms with van der Waals surface area (Å²) in [6.07, 6.45) is 0. The number of benzene rings is 2. The highest BCUT2D eigenvalue weighted by Crippen LogP contribution is 2.26. The molecule has 0 fully saturated rings. The summed E-state index contributed by atoms with van der Waals surface area (Å²) in [6.45, 7) is 2.15. The number of hydrogen-bond acceptors (Lipinski definition) is 6. The first-order valence-electron chi connectivity index (χ1n) is 8.96. The minimum absolute atomic E-state index is 0.153. The van der Waals surface area contributed by atoms with E-state index in [9.17, 15) is 9.59 Å². The molecule has 0 atom stereocenters. The first-order chi connectivity index (χ1) is 14.4. The Morgan fingerprint density at radius 1 is 1.03 bits per heavy atom. The average Bonchev–Trinajstić information content (AvgIpc) is 3.23. The second-order valence-corrected chi connectivity index (χ2v) is 7.07. The minimum Gasteiger partial charge on any atom is -0.484 e. The lowest BCUT2D eigenvalue weighted by Gasteiger charge is -2.08. The maximum Gasteiger partial charge on any atom is 0.316 e. The van der Waals surface area contributed by atoms with E-state index < -0.39 is 5.91 Å². The van der Waals surface area contributed by atoms with Crippen molar-refractivity contribution in [2.75, 3.05) is 19.7 Å². The number of aromatic nitrogens is 2. The number of hydrogen-bond donors (Lipinski definition) is 2. The summed E-state index contributed by atoms with van der Waals surface area (Å²) in [5, 5.41) is 9.75. The average molecular weight is 449 g/mol. The van der Waals surface area contributed by atoms with Gasteiger partial charge >= 0.3 is 11.8 Å². The molecule has 8 nitrogen and oxygen atoms in total. The van der Waals surface area contributed by atoms with Crippen molar-refractivity contribution in [3.8, 4) is 17.1 Å². The maximum absolute atomic E-state index is 12.1. The molecule has 30 heavy (non-hydrogen) atoms. The topological polar surface area (TPSA) is 106 Å². The molecule has 0 unspecified atom stereocenters. The number of nitrogens with one attached hydrogen (secondary N) is 2. The zero-order valence-corrected chi connectivity index (χ0v) is 17.5. The summed E-state index contributed by atoms with van der Waals surface area (Å²) < 4.78 is 10.3. The van der Waals surface area contributed by atoms with Gasteiger partial charge in [0.05, 0.1) is 10.0 Å². The van der Waals surface area contributed by atoms with E-state index in [0.29, 0.717) is 21.6 Å². The maximum atomic E-state index is 12.1. The van der Waals surface area contributed by atoms with E-state index in [4.69, 9.17) is 32.5 Å². The van der Waals surface area contributed by atoms with Crippen molar-refractivity contribution in [3.63, 3.8) is 0 Å². The summed E-state index contributed by atoms with van der Waals surface area (Å²) in [6, 6.07) is 12.2. The Morgan fingerprint density at radius 3 is 2.50 bits per heavy atom. The number of nitrogens with zero attached hydrogens (tertiary/aromatic N) is 2. The van der Waals surface area contributed by atoms with Gasteiger partial charge in [0, 0.05) is 24.7 Å². The smallest absolute Gasteiger partial charge is 0.316 e. The minimum atomic E-state index is -0.526. The second kappa shape index (κ2) is 10.1. The standard InChI is InChI=1S/C20H18Cl2N4O4/c1-12-2-4-13(5-3-12)18-25-20(30-26-18)19(28)24-9-8-23-17(27)11-29-14-6-7-15(21)16(22)10-14/h2-7,10H,8-9,11H2,1H3,(H,23,27)(H,24,28). The van der Waals surface area contributed by atoms with Gasteiger partial charge in [-0.25, -0.2) is 0 Å². The number of carbonyl (C=O) groups is 2. The van der Waals surface area contributed by atoms with Gasteiger partial charge in [0.25, 0.3) is 5.91 Å². The fourth-order valence-corrected chi connectivity index (χ4v) is 2.64. The monoisotopic (exact) mass is 448 g/mol. The highest BCUT2D eigenvalue weighted by Gasteiger charge is 2.15. The second-order valence-electron chi connectivity index (χ2n) is 6.26. The van der Waals surface area contributed by atoms with Crippen LogP contribution < -0.4 is 15.4 Å². The third-order valence-corrected chi connectivity index (χ3v) is 4.66. The SMILES string of the molecule is Cc1ccc(-c2noc(C(=O)NCCNC(=O)COc3ccc(Cl)c(Cl)c3)n2)cc1. The summed E-state index contributed by atoms with van der Waals surface area (Å²) in [5.74, 6) is -0.279. The molecule has 1 aromatic heterocycles. The van der Waals surface area contributed by atoms with Crippen LogP contribution in [-0.4, -0.2) is 41.7 Å². The molecule has 0 aliphatic heterocycles. The van der Waals surface area contributed by atoms with E-state index in [0.717, 1.165) is 11.1 Å². The van der Waals surface area contributed by atoms with Gasteiger partial charge in [-0.3, -0.25) is 9.59 Å². The van der Waals surface area contributed by atoms with Crippen molar-refractivity contribution in [3.05, 3.63) is 64.0 Å². The van der Waals surface area contributed by atoms with Gasteiger partial charge in [-0.15, -0.1) is 0 Å². The Kier molecular flexibility index (Phi) is 7.26. The van der Waals surface area contributed by atoms with Crippen LogP contribution in [-0.2, 0) is 4.79 Å². The van der Waals surface area contributed by atoms with Crippen LogP contribution >= 0.6 is 23.2 Å². The van der Waals surface area contributed by atoms with Crippen LogP contribution in [0.25, 0.3) is 11.4 Å². The number of ether oxygens (including phenoxy) is 1. The first kappa shape index (κ1) is 21.6. The lowest BCUT2D eigenvalue weighted by molar-refractivity contribution is -0.123. The molecular weight excluding hydrogens is 431 g/mol. The third kappa shape index (κ3) is 5.95. The summed E-state index contributed by atoms with van der Waals surface area (Å²) in [5.41, 5.74) is 1.85. The van der Waals surface area contributed by atoms with Crippen molar-refractivity contribution in [2.45, 2.75) is 6.92 Å². The lowest BCUT2D eigenvalue weighted by Crippen LogP contribution is -2.36. The summed E-state index contributed by atoms with van der Waals surface area (Å²) >= 11 is 11.7. The van der Waals surface area contributed by atoms with Crippen LogP contribution in [0.3, 0.4) is 0 Å². The summed E-state index contributed by atoms with van der Waals surface area (Å²) in [4.78, 5) is 28.0. The number of amides is 2. The van der Waals surface area contributed by atoms with E-state index in [-0.39, 0.29) is 31.5 Å². The highest BCUT2D eigenvalue weighted by atomic mass is 35.5. The molecule has 0 aliphatic rings. The van der Waals surface area contributed by atoms with Crippen molar-refractivity contribution >= 4 is 35.0 Å². The molecule has 156 valence electrons. The zero-order chi connectivity index (χ0) is 21.5. The summed E-state index contributed by atoms with van der Waals surface area (Å²) in [7, 11) is 0. The van der Waals surface area contributed by atoms with E-state index in [1.807, 2.05) is 31.2 Å². The fraction of sp³-hybridized carbons (Fsp3) is 0.200. The molecule has 10 heteroatoms. The van der Waals surface area contributed by atoms with Gasteiger partial charge in [0.2, 0.25) is 5.82 Å². The lowest BCUT2D eigenvalue weighted by atomic mass is 10.1. The molecule has 3 aromatic rings. The Labute approximate surface area is 182 Å². The van der Waals surface area contributed by atoms with Crippen LogP contribution in [0.4, 0.5) is 0 Å². The van der Waals surface area contributed by atoms with Gasteiger partial charge in [0.15, 0.2) is 6.61 Å². The van der Waals surface area contributed by atoms with Gasteiger partial charge < -0.3 is 19.9 Å². The van der Waals surface area contributed by atoms with Crippen molar-refractivity contribution in [1.82, 2.24) is 20.8 Å². The van der Waals surface area contributed by atoms with Crippen LogP contribution in [0, 0.1) is 6.92 Å². The molecule has 2 N–H and O–H groups in total. The first-order valence-corrected chi connectivity index (χ1v) is 9.71. The molecular formula is C20H18Cl2N4O4. The molecule has 0 radical (unpaired) electrons. The number of aryl methyl sites for hydroxylation is 1. The Balaban J connectivity index is 1.38. The Hall–Kier alpha value is -3.10. The van der Waals surface area contributed by atoms with E-state index in [1.165, 1.54) is 6.07 Å². The number of carbonyl (C=O) groups excluding carboxylic acids is 2. The predicted octanol–water partition coefficient (Wildman–Crippen LogP) is 3.28. The third-order valence-electron chi connectivity index (χ3n) is 3.92. The number of halogens is 2. The van der Waals surface area contributed by atoms with E-state index in [2.05, 4.69) is 20.8 Å². The molecule has 0 saturated heterocycles. The van der Waals surface area contributed by atoms with Crippen LogP contribution in [0.5, 0.6) is 5.75 Å². The Morgan fingerprint density at radius 2 is 1.77 bits per heavy atom. The van der Waals surface area contributed by atoms with Gasteiger partial charge in [-0.2, -0.15) is 4.98 Å². The zero-order valence-electron chi connectivity index (χ0n) is 15.9. The van der Waals surface area contributed by atoms with Gasteiger partial charge in [-0.05, 0) is 19.1 Å². The van der Waals surface area contributed by atoms with Crippen LogP contribution in [0.1, 0.15) is 16.2 Å². The van der Waals surface area contributed by atoms with E-state index in [1.54, 1.807) is 12.1 Å². The molecule has 2 amide bonds. The molecule has 1 heterocycles. The quantitative estimate of drug-likeness (QED) is 0.512. The normalized spacial score (nSPS) is 10.5. The molecule has 0 spiro atoms. The molecule has 0 bridgehead atoms. The van der Waals surface area contributed by atoms with Crippen molar-refractivity contribution in [2.24, 2.45) is 0 Å². The van der Waals surface area contributed by atoms with Gasteiger partial charge in [0.1, 0.15) is 5.75 Å². The molecule has 0 aliphatic carbocycles.